The Bertz CT molecular complexity index is 442. The Morgan fingerprint density at radius 2 is 2.16 bits per heavy atom. The van der Waals surface area contributed by atoms with E-state index in [2.05, 4.69) is 17.0 Å². The van der Waals surface area contributed by atoms with E-state index in [1.54, 1.807) is 7.11 Å². The minimum absolute atomic E-state index is 0.374. The number of para-hydroxylation sites is 1. The third-order valence-electron chi connectivity index (χ3n) is 3.66. The van der Waals surface area contributed by atoms with Gasteiger partial charge in [-0.3, -0.25) is 0 Å². The number of anilines is 1. The van der Waals surface area contributed by atoms with Gasteiger partial charge in [0.15, 0.2) is 0 Å². The Balaban J connectivity index is 2.15. The van der Waals surface area contributed by atoms with Crippen molar-refractivity contribution in [2.24, 2.45) is 0 Å². The van der Waals surface area contributed by atoms with Crippen LogP contribution in [0.3, 0.4) is 0 Å². The summed E-state index contributed by atoms with van der Waals surface area (Å²) in [6.07, 6.45) is 3.64. The number of hydrogen-bond acceptors (Lipinski definition) is 3. The van der Waals surface area contributed by atoms with E-state index in [-0.39, 0.29) is 6.10 Å². The maximum absolute atomic E-state index is 10.1. The maximum Gasteiger partial charge on any atom is 0.0807 e. The highest BCUT2D eigenvalue weighted by molar-refractivity contribution is 5.55. The molecule has 1 aliphatic rings. The molecule has 3 nitrogen and oxygen atoms in total. The summed E-state index contributed by atoms with van der Waals surface area (Å²) in [5.74, 6) is 0. The second kappa shape index (κ2) is 6.73. The summed E-state index contributed by atoms with van der Waals surface area (Å²) in [5.41, 5.74) is 3.56. The number of methoxy groups -OCH3 is 1. The SMILES string of the molecule is CCC(O)c1ccccc1N1CC=C(COC)CC1. The number of rotatable bonds is 5. The molecular weight excluding hydrogens is 238 g/mol. The number of hydrogen-bond donors (Lipinski definition) is 1. The van der Waals surface area contributed by atoms with Gasteiger partial charge in [0.1, 0.15) is 0 Å². The summed E-state index contributed by atoms with van der Waals surface area (Å²) >= 11 is 0. The van der Waals surface area contributed by atoms with Gasteiger partial charge in [0.25, 0.3) is 0 Å². The van der Waals surface area contributed by atoms with Crippen LogP contribution in [0.25, 0.3) is 0 Å². The van der Waals surface area contributed by atoms with E-state index in [9.17, 15) is 5.11 Å². The molecule has 0 radical (unpaired) electrons. The van der Waals surface area contributed by atoms with E-state index in [0.29, 0.717) is 0 Å². The maximum atomic E-state index is 10.1. The molecule has 1 aromatic rings. The van der Waals surface area contributed by atoms with Crippen molar-refractivity contribution in [3.63, 3.8) is 0 Å². The standard InChI is InChI=1S/C16H23NO2/c1-3-16(18)14-6-4-5-7-15(14)17-10-8-13(9-11-17)12-19-2/h4-8,16,18H,3,9-12H2,1-2H3. The van der Waals surface area contributed by atoms with Gasteiger partial charge in [-0.1, -0.05) is 31.2 Å². The van der Waals surface area contributed by atoms with Crippen LogP contribution in [-0.4, -0.2) is 31.9 Å². The van der Waals surface area contributed by atoms with Crippen LogP contribution in [0.15, 0.2) is 35.9 Å². The van der Waals surface area contributed by atoms with Gasteiger partial charge in [0.2, 0.25) is 0 Å². The second-order valence-electron chi connectivity index (χ2n) is 4.97. The molecule has 19 heavy (non-hydrogen) atoms. The molecule has 2 rings (SSSR count). The average molecular weight is 261 g/mol. The molecular formula is C16H23NO2. The normalized spacial score (nSPS) is 17.2. The molecule has 0 saturated carbocycles. The van der Waals surface area contributed by atoms with Gasteiger partial charge in [-0.15, -0.1) is 0 Å². The third-order valence-corrected chi connectivity index (χ3v) is 3.66. The smallest absolute Gasteiger partial charge is 0.0807 e. The number of nitrogens with zero attached hydrogens (tertiary/aromatic N) is 1. The Hall–Kier alpha value is -1.32. The van der Waals surface area contributed by atoms with Crippen molar-refractivity contribution in [1.82, 2.24) is 0 Å². The van der Waals surface area contributed by atoms with E-state index in [4.69, 9.17) is 4.74 Å². The molecule has 1 aliphatic heterocycles. The Labute approximate surface area is 115 Å². The third kappa shape index (κ3) is 3.37. The topological polar surface area (TPSA) is 32.7 Å². The van der Waals surface area contributed by atoms with Crippen molar-refractivity contribution in [2.75, 3.05) is 31.7 Å². The minimum Gasteiger partial charge on any atom is -0.388 e. The zero-order valence-electron chi connectivity index (χ0n) is 11.8. The first-order valence-corrected chi connectivity index (χ1v) is 6.95. The van der Waals surface area contributed by atoms with E-state index < -0.39 is 0 Å². The summed E-state index contributed by atoms with van der Waals surface area (Å²) in [6.45, 7) is 4.62. The minimum atomic E-state index is -0.374. The van der Waals surface area contributed by atoms with Crippen LogP contribution in [0.5, 0.6) is 0 Å². The lowest BCUT2D eigenvalue weighted by Gasteiger charge is -2.31. The van der Waals surface area contributed by atoms with Crippen LogP contribution >= 0.6 is 0 Å². The molecule has 0 spiro atoms. The summed E-state index contributed by atoms with van der Waals surface area (Å²) in [5, 5.41) is 10.1. The van der Waals surface area contributed by atoms with Crippen molar-refractivity contribution >= 4 is 5.69 Å². The fourth-order valence-corrected chi connectivity index (χ4v) is 2.52. The van der Waals surface area contributed by atoms with Crippen LogP contribution in [-0.2, 0) is 4.74 Å². The first kappa shape index (κ1) is 14.1. The Morgan fingerprint density at radius 1 is 1.37 bits per heavy atom. The van der Waals surface area contributed by atoms with Gasteiger partial charge < -0.3 is 14.7 Å². The molecule has 1 heterocycles. The molecule has 0 fully saturated rings. The fraction of sp³-hybridized carbons (Fsp3) is 0.500. The van der Waals surface area contributed by atoms with Crippen LogP contribution in [0.2, 0.25) is 0 Å². The summed E-state index contributed by atoms with van der Waals surface area (Å²) in [7, 11) is 1.74. The van der Waals surface area contributed by atoms with Gasteiger partial charge in [-0.25, -0.2) is 0 Å². The highest BCUT2D eigenvalue weighted by Crippen LogP contribution is 2.29. The number of benzene rings is 1. The summed E-state index contributed by atoms with van der Waals surface area (Å²) < 4.78 is 5.17. The zero-order chi connectivity index (χ0) is 13.7. The van der Waals surface area contributed by atoms with Gasteiger partial charge >= 0.3 is 0 Å². The van der Waals surface area contributed by atoms with Crippen molar-refractivity contribution in [3.05, 3.63) is 41.5 Å². The fourth-order valence-electron chi connectivity index (χ4n) is 2.52. The average Bonchev–Trinajstić information content (AvgIpc) is 2.47. The highest BCUT2D eigenvalue weighted by atomic mass is 16.5. The molecule has 1 unspecified atom stereocenters. The lowest BCUT2D eigenvalue weighted by Crippen LogP contribution is -2.30. The van der Waals surface area contributed by atoms with Crippen LogP contribution < -0.4 is 4.90 Å². The van der Waals surface area contributed by atoms with Crippen molar-refractivity contribution in [1.29, 1.82) is 0 Å². The number of aliphatic hydroxyl groups is 1. The van der Waals surface area contributed by atoms with Crippen LogP contribution in [0.4, 0.5) is 5.69 Å². The lowest BCUT2D eigenvalue weighted by atomic mass is 10.0. The molecule has 0 saturated heterocycles. The predicted molar refractivity (Wildman–Crippen MR) is 78.5 cm³/mol. The van der Waals surface area contributed by atoms with Crippen molar-refractivity contribution in [2.45, 2.75) is 25.9 Å². The van der Waals surface area contributed by atoms with Gasteiger partial charge in [0.05, 0.1) is 12.7 Å². The number of aliphatic hydroxyl groups excluding tert-OH is 1. The first-order chi connectivity index (χ1) is 9.26. The molecule has 1 atom stereocenters. The largest absolute Gasteiger partial charge is 0.388 e. The molecule has 104 valence electrons. The monoisotopic (exact) mass is 261 g/mol. The summed E-state index contributed by atoms with van der Waals surface area (Å²) in [6, 6.07) is 8.16. The Morgan fingerprint density at radius 3 is 2.79 bits per heavy atom. The molecule has 0 aliphatic carbocycles. The van der Waals surface area contributed by atoms with Gasteiger partial charge in [-0.05, 0) is 24.5 Å². The molecule has 3 heteroatoms. The van der Waals surface area contributed by atoms with Crippen LogP contribution in [0.1, 0.15) is 31.4 Å². The molecule has 1 N–H and O–H groups in total. The first-order valence-electron chi connectivity index (χ1n) is 6.95. The quantitative estimate of drug-likeness (QED) is 0.827. The van der Waals surface area contributed by atoms with E-state index in [1.807, 2.05) is 25.1 Å². The van der Waals surface area contributed by atoms with Gasteiger partial charge in [0, 0.05) is 31.5 Å². The van der Waals surface area contributed by atoms with Crippen LogP contribution in [0, 0.1) is 0 Å². The predicted octanol–water partition coefficient (Wildman–Crippen LogP) is 2.91. The Kier molecular flexibility index (Phi) is 5.00. The zero-order valence-corrected chi connectivity index (χ0v) is 11.8. The molecule has 0 aromatic heterocycles. The van der Waals surface area contributed by atoms with Crippen molar-refractivity contribution in [3.8, 4) is 0 Å². The lowest BCUT2D eigenvalue weighted by molar-refractivity contribution is 0.174. The molecule has 0 bridgehead atoms. The molecule has 0 amide bonds. The van der Waals surface area contributed by atoms with Gasteiger partial charge in [-0.2, -0.15) is 0 Å². The number of ether oxygens (including phenoxy) is 1. The van der Waals surface area contributed by atoms with E-state index >= 15 is 0 Å². The van der Waals surface area contributed by atoms with E-state index in [1.165, 1.54) is 5.57 Å². The highest BCUT2D eigenvalue weighted by Gasteiger charge is 2.17. The second-order valence-corrected chi connectivity index (χ2v) is 4.97. The van der Waals surface area contributed by atoms with E-state index in [0.717, 1.165) is 43.8 Å². The molecule has 1 aromatic carbocycles. The summed E-state index contributed by atoms with van der Waals surface area (Å²) in [4.78, 5) is 2.33. The van der Waals surface area contributed by atoms with Crippen molar-refractivity contribution < 1.29 is 9.84 Å².